The van der Waals surface area contributed by atoms with Crippen molar-refractivity contribution in [1.82, 2.24) is 0 Å². The van der Waals surface area contributed by atoms with Gasteiger partial charge in [0.05, 0.1) is 16.1 Å². The first-order valence-electron chi connectivity index (χ1n) is 14.5. The van der Waals surface area contributed by atoms with Crippen LogP contribution < -0.4 is 4.90 Å². The van der Waals surface area contributed by atoms with Crippen molar-refractivity contribution in [1.29, 1.82) is 0 Å². The number of hydrogen-bond donors (Lipinski definition) is 0. The maximum atomic E-state index is 6.69. The van der Waals surface area contributed by atoms with Crippen LogP contribution in [0.25, 0.3) is 64.0 Å². The second-order valence-electron chi connectivity index (χ2n) is 10.9. The summed E-state index contributed by atoms with van der Waals surface area (Å²) in [5.74, 6) is 0. The highest BCUT2D eigenvalue weighted by Crippen LogP contribution is 2.48. The Bertz CT molecular complexity index is 2460. The lowest BCUT2D eigenvalue weighted by Crippen LogP contribution is -2.10. The molecule has 0 saturated heterocycles. The van der Waals surface area contributed by atoms with Gasteiger partial charge in [-0.25, -0.2) is 0 Å². The van der Waals surface area contributed by atoms with Crippen LogP contribution in [0.1, 0.15) is 0 Å². The Morgan fingerprint density at radius 3 is 2.07 bits per heavy atom. The molecule has 0 fully saturated rings. The van der Waals surface area contributed by atoms with E-state index < -0.39 is 0 Å². The lowest BCUT2D eigenvalue weighted by atomic mass is 9.98. The van der Waals surface area contributed by atoms with Gasteiger partial charge in [0.1, 0.15) is 11.2 Å². The maximum absolute atomic E-state index is 6.69. The highest BCUT2D eigenvalue weighted by molar-refractivity contribution is 7.26. The van der Waals surface area contributed by atoms with Gasteiger partial charge in [-0.3, -0.25) is 0 Å². The molecule has 0 atom stereocenters. The molecule has 9 rings (SSSR count). The summed E-state index contributed by atoms with van der Waals surface area (Å²) >= 11 is 1.86. The van der Waals surface area contributed by atoms with E-state index >= 15 is 0 Å². The Hall–Kier alpha value is -5.38. The Labute approximate surface area is 252 Å². The minimum absolute atomic E-state index is 0.895. The molecule has 0 aliphatic rings. The molecule has 0 unspecified atom stereocenters. The van der Waals surface area contributed by atoms with Crippen molar-refractivity contribution in [3.63, 3.8) is 0 Å². The van der Waals surface area contributed by atoms with Crippen LogP contribution in [-0.2, 0) is 0 Å². The van der Waals surface area contributed by atoms with Crippen LogP contribution in [0, 0.1) is 0 Å². The van der Waals surface area contributed by atoms with E-state index in [9.17, 15) is 0 Å². The van der Waals surface area contributed by atoms with Crippen molar-refractivity contribution in [3.05, 3.63) is 152 Å². The molecule has 202 valence electrons. The topological polar surface area (TPSA) is 16.4 Å². The summed E-state index contributed by atoms with van der Waals surface area (Å²) in [6.45, 7) is 0. The molecule has 2 aromatic heterocycles. The van der Waals surface area contributed by atoms with E-state index in [-0.39, 0.29) is 0 Å². The number of rotatable bonds is 4. The van der Waals surface area contributed by atoms with Crippen LogP contribution in [0.5, 0.6) is 0 Å². The molecule has 0 spiro atoms. The molecular weight excluding hydrogens is 543 g/mol. The fraction of sp³-hybridized carbons (Fsp3) is 0. The zero-order valence-electron chi connectivity index (χ0n) is 23.2. The molecule has 0 N–H and O–H groups in total. The van der Waals surface area contributed by atoms with Crippen molar-refractivity contribution in [2.24, 2.45) is 0 Å². The van der Waals surface area contributed by atoms with Gasteiger partial charge in [0.15, 0.2) is 0 Å². The van der Waals surface area contributed by atoms with Gasteiger partial charge in [-0.1, -0.05) is 115 Å². The second kappa shape index (κ2) is 9.59. The van der Waals surface area contributed by atoms with E-state index in [0.29, 0.717) is 0 Å². The van der Waals surface area contributed by atoms with Gasteiger partial charge in [0, 0.05) is 42.9 Å². The smallest absolute Gasteiger partial charge is 0.143 e. The van der Waals surface area contributed by atoms with Crippen molar-refractivity contribution in [2.75, 3.05) is 4.90 Å². The van der Waals surface area contributed by atoms with Crippen molar-refractivity contribution in [3.8, 4) is 11.1 Å². The molecule has 0 radical (unpaired) electrons. The Morgan fingerprint density at radius 1 is 0.488 bits per heavy atom. The molecule has 0 aliphatic carbocycles. The summed E-state index contributed by atoms with van der Waals surface area (Å²) in [4.78, 5) is 2.43. The molecule has 0 bridgehead atoms. The van der Waals surface area contributed by atoms with Crippen LogP contribution in [0.4, 0.5) is 17.1 Å². The molecule has 2 nitrogen and oxygen atoms in total. The fourth-order valence-corrected chi connectivity index (χ4v) is 7.78. The standard InChI is InChI=1S/C40H25NOS/c1-3-12-26(13-4-1)29-18-10-20-32-38-35(42-39(29)32)25-24-27-14-9-21-33(37(27)38)41(28-15-5-2-6-16-28)34-22-11-19-31-30-17-7-8-23-36(30)43-40(31)34/h1-25H. The first-order chi connectivity index (χ1) is 21.3. The summed E-state index contributed by atoms with van der Waals surface area (Å²) in [6, 6.07) is 54.1. The highest BCUT2D eigenvalue weighted by Gasteiger charge is 2.22. The number of hydrogen-bond acceptors (Lipinski definition) is 3. The number of anilines is 3. The van der Waals surface area contributed by atoms with E-state index in [1.54, 1.807) is 0 Å². The number of para-hydroxylation sites is 2. The van der Waals surface area contributed by atoms with Gasteiger partial charge in [-0.05, 0) is 47.3 Å². The molecule has 0 amide bonds. The summed E-state index contributed by atoms with van der Waals surface area (Å²) in [6.07, 6.45) is 0. The largest absolute Gasteiger partial charge is 0.455 e. The molecule has 7 aromatic carbocycles. The number of furan rings is 1. The number of thiophene rings is 1. The molecule has 0 aliphatic heterocycles. The first-order valence-corrected chi connectivity index (χ1v) is 15.3. The van der Waals surface area contributed by atoms with Crippen LogP contribution in [0.15, 0.2) is 156 Å². The Balaban J connectivity index is 1.40. The summed E-state index contributed by atoms with van der Waals surface area (Å²) < 4.78 is 9.26. The van der Waals surface area contributed by atoms with Crippen LogP contribution in [0.3, 0.4) is 0 Å². The molecule has 3 heteroatoms. The summed E-state index contributed by atoms with van der Waals surface area (Å²) in [5, 5.41) is 7.22. The van der Waals surface area contributed by atoms with Crippen molar-refractivity contribution < 1.29 is 4.42 Å². The van der Waals surface area contributed by atoms with Crippen LogP contribution >= 0.6 is 11.3 Å². The van der Waals surface area contributed by atoms with Gasteiger partial charge in [-0.2, -0.15) is 0 Å². The average Bonchev–Trinajstić information content (AvgIpc) is 3.65. The molecule has 9 aromatic rings. The quantitative estimate of drug-likeness (QED) is 0.210. The fourth-order valence-electron chi connectivity index (χ4n) is 6.57. The third-order valence-corrected chi connectivity index (χ3v) is 9.66. The van der Waals surface area contributed by atoms with E-state index in [0.717, 1.165) is 44.4 Å². The summed E-state index contributed by atoms with van der Waals surface area (Å²) in [7, 11) is 0. The minimum atomic E-state index is 0.895. The summed E-state index contributed by atoms with van der Waals surface area (Å²) in [5.41, 5.74) is 7.50. The molecule has 0 saturated carbocycles. The Kier molecular flexibility index (Phi) is 5.40. The average molecular weight is 568 g/mol. The van der Waals surface area contributed by atoms with E-state index in [1.807, 2.05) is 11.3 Å². The Morgan fingerprint density at radius 2 is 1.19 bits per heavy atom. The normalized spacial score (nSPS) is 11.7. The SMILES string of the molecule is c1ccc(-c2cccc3c2oc2ccc4cccc(N(c5ccccc5)c5cccc6c5sc5ccccc56)c4c23)cc1. The third-order valence-electron chi connectivity index (χ3n) is 8.45. The zero-order valence-corrected chi connectivity index (χ0v) is 24.0. The van der Waals surface area contributed by atoms with Gasteiger partial charge in [0.25, 0.3) is 0 Å². The van der Waals surface area contributed by atoms with Crippen molar-refractivity contribution >= 4 is 81.3 Å². The monoisotopic (exact) mass is 567 g/mol. The van der Waals surface area contributed by atoms with E-state index in [2.05, 4.69) is 157 Å². The predicted octanol–water partition coefficient (Wildman–Crippen LogP) is 12.2. The number of benzene rings is 7. The number of fused-ring (bicyclic) bond motifs is 8. The highest BCUT2D eigenvalue weighted by atomic mass is 32.1. The second-order valence-corrected chi connectivity index (χ2v) is 11.9. The minimum Gasteiger partial charge on any atom is -0.455 e. The lowest BCUT2D eigenvalue weighted by molar-refractivity contribution is 0.670. The molecule has 43 heavy (non-hydrogen) atoms. The lowest BCUT2D eigenvalue weighted by Gasteiger charge is -2.27. The van der Waals surface area contributed by atoms with Gasteiger partial charge in [0.2, 0.25) is 0 Å². The third kappa shape index (κ3) is 3.72. The zero-order chi connectivity index (χ0) is 28.3. The van der Waals surface area contributed by atoms with E-state index in [1.165, 1.54) is 36.6 Å². The van der Waals surface area contributed by atoms with Gasteiger partial charge < -0.3 is 9.32 Å². The molecule has 2 heterocycles. The first kappa shape index (κ1) is 24.2. The molecular formula is C40H25NOS. The van der Waals surface area contributed by atoms with Gasteiger partial charge in [-0.15, -0.1) is 11.3 Å². The van der Waals surface area contributed by atoms with E-state index in [4.69, 9.17) is 4.42 Å². The maximum Gasteiger partial charge on any atom is 0.143 e. The van der Waals surface area contributed by atoms with Crippen LogP contribution in [0.2, 0.25) is 0 Å². The van der Waals surface area contributed by atoms with Gasteiger partial charge >= 0.3 is 0 Å². The van der Waals surface area contributed by atoms with Crippen molar-refractivity contribution in [2.45, 2.75) is 0 Å². The number of nitrogens with zero attached hydrogens (tertiary/aromatic N) is 1. The predicted molar refractivity (Wildman–Crippen MR) is 184 cm³/mol. The van der Waals surface area contributed by atoms with Crippen LogP contribution in [-0.4, -0.2) is 0 Å².